The number of hydrogen-bond acceptors (Lipinski definition) is 6. The van der Waals surface area contributed by atoms with Crippen LogP contribution in [-0.2, 0) is 16.1 Å². The number of carbonyl (C=O) groups is 2. The predicted octanol–water partition coefficient (Wildman–Crippen LogP) is 2.48. The molecule has 0 fully saturated rings. The van der Waals surface area contributed by atoms with Gasteiger partial charge in [-0.25, -0.2) is 9.07 Å². The van der Waals surface area contributed by atoms with Crippen molar-refractivity contribution in [2.45, 2.75) is 25.9 Å². The standard InChI is InChI=1S/C24H24FN7O2/c1-24(2,30-21(33)19-26-13-6-14-27-19)22(34)29-23-28-20(17-9-11-18(25)12-10-17)32(31-23)15-16-7-4-3-5-8-16/h3-13H,14-15H2,1-2H3,(H,26,27)(H,30,33)(H,29,31,34). The molecule has 0 spiro atoms. The summed E-state index contributed by atoms with van der Waals surface area (Å²) in [5, 5.41) is 12.5. The highest BCUT2D eigenvalue weighted by Gasteiger charge is 2.32. The van der Waals surface area contributed by atoms with E-state index in [0.29, 0.717) is 24.5 Å². The van der Waals surface area contributed by atoms with E-state index in [-0.39, 0.29) is 17.6 Å². The van der Waals surface area contributed by atoms with Gasteiger partial charge >= 0.3 is 0 Å². The molecule has 3 aromatic rings. The first kappa shape index (κ1) is 22.8. The lowest BCUT2D eigenvalue weighted by Gasteiger charge is -2.24. The van der Waals surface area contributed by atoms with E-state index in [1.807, 2.05) is 30.3 Å². The van der Waals surface area contributed by atoms with Crippen molar-refractivity contribution in [3.05, 3.63) is 78.3 Å². The van der Waals surface area contributed by atoms with E-state index in [1.165, 1.54) is 12.1 Å². The lowest BCUT2D eigenvalue weighted by molar-refractivity contribution is -0.126. The van der Waals surface area contributed by atoms with Crippen molar-refractivity contribution in [2.24, 2.45) is 4.99 Å². The molecule has 3 N–H and O–H groups in total. The first-order chi connectivity index (χ1) is 16.3. The zero-order valence-electron chi connectivity index (χ0n) is 18.7. The molecule has 2 amide bonds. The van der Waals surface area contributed by atoms with Gasteiger partial charge in [0.1, 0.15) is 11.4 Å². The molecule has 0 aliphatic carbocycles. The quantitative estimate of drug-likeness (QED) is 0.500. The molecule has 10 heteroatoms. The third kappa shape index (κ3) is 5.34. The van der Waals surface area contributed by atoms with Gasteiger partial charge in [0, 0.05) is 11.8 Å². The van der Waals surface area contributed by atoms with E-state index in [1.54, 1.807) is 42.9 Å². The average molecular weight is 462 g/mol. The minimum Gasteiger partial charge on any atom is -0.343 e. The van der Waals surface area contributed by atoms with Crippen LogP contribution in [0.3, 0.4) is 0 Å². The lowest BCUT2D eigenvalue weighted by Crippen LogP contribution is -2.55. The van der Waals surface area contributed by atoms with Gasteiger partial charge in [0.2, 0.25) is 5.95 Å². The molecule has 4 rings (SSSR count). The van der Waals surface area contributed by atoms with Crippen LogP contribution in [0.5, 0.6) is 0 Å². The van der Waals surface area contributed by atoms with Crippen molar-refractivity contribution < 1.29 is 14.0 Å². The van der Waals surface area contributed by atoms with Gasteiger partial charge in [0.15, 0.2) is 11.7 Å². The van der Waals surface area contributed by atoms with Gasteiger partial charge in [-0.05, 0) is 49.8 Å². The summed E-state index contributed by atoms with van der Waals surface area (Å²) in [6.45, 7) is 3.93. The maximum absolute atomic E-state index is 13.4. The number of anilines is 1. The van der Waals surface area contributed by atoms with Gasteiger partial charge in [-0.2, -0.15) is 4.98 Å². The first-order valence-electron chi connectivity index (χ1n) is 10.7. The molecule has 9 nitrogen and oxygen atoms in total. The van der Waals surface area contributed by atoms with E-state index in [0.717, 1.165) is 5.56 Å². The fourth-order valence-electron chi connectivity index (χ4n) is 3.25. The maximum atomic E-state index is 13.4. The van der Waals surface area contributed by atoms with Crippen LogP contribution in [0.2, 0.25) is 0 Å². The second-order valence-electron chi connectivity index (χ2n) is 8.18. The third-order valence-corrected chi connectivity index (χ3v) is 5.08. The molecule has 1 aliphatic rings. The van der Waals surface area contributed by atoms with Crippen LogP contribution in [0, 0.1) is 5.82 Å². The van der Waals surface area contributed by atoms with Crippen molar-refractivity contribution in [1.82, 2.24) is 25.4 Å². The SMILES string of the molecule is CC(C)(NC(=O)C1=NCC=CN1)C(=O)Nc1nc(-c2ccc(F)cc2)n(Cc2ccccc2)n1. The zero-order chi connectivity index (χ0) is 24.1. The Morgan fingerprint density at radius 2 is 1.85 bits per heavy atom. The molecule has 1 aromatic heterocycles. The van der Waals surface area contributed by atoms with Gasteiger partial charge in [-0.1, -0.05) is 30.3 Å². The molecule has 0 saturated heterocycles. The number of nitrogens with one attached hydrogen (secondary N) is 3. The summed E-state index contributed by atoms with van der Waals surface area (Å²) < 4.78 is 15.1. The highest BCUT2D eigenvalue weighted by Crippen LogP contribution is 2.21. The highest BCUT2D eigenvalue weighted by molar-refractivity contribution is 6.38. The molecule has 0 unspecified atom stereocenters. The Morgan fingerprint density at radius 1 is 1.12 bits per heavy atom. The third-order valence-electron chi connectivity index (χ3n) is 5.08. The number of carbonyl (C=O) groups excluding carboxylic acids is 2. The van der Waals surface area contributed by atoms with Crippen LogP contribution in [0.25, 0.3) is 11.4 Å². The van der Waals surface area contributed by atoms with Crippen molar-refractivity contribution in [2.75, 3.05) is 11.9 Å². The second kappa shape index (κ2) is 9.65. The van der Waals surface area contributed by atoms with E-state index in [4.69, 9.17) is 0 Å². The summed E-state index contributed by atoms with van der Waals surface area (Å²) in [6.07, 6.45) is 3.39. The number of aromatic nitrogens is 3. The van der Waals surface area contributed by atoms with Crippen molar-refractivity contribution >= 4 is 23.6 Å². The number of benzene rings is 2. The summed E-state index contributed by atoms with van der Waals surface area (Å²) in [7, 11) is 0. The van der Waals surface area contributed by atoms with E-state index < -0.39 is 17.4 Å². The number of halogens is 1. The van der Waals surface area contributed by atoms with Gasteiger partial charge in [-0.3, -0.25) is 19.9 Å². The van der Waals surface area contributed by atoms with Gasteiger partial charge in [0.25, 0.3) is 11.8 Å². The Bertz CT molecular complexity index is 1250. The number of amidine groups is 1. The van der Waals surface area contributed by atoms with Crippen LogP contribution < -0.4 is 16.0 Å². The van der Waals surface area contributed by atoms with Crippen LogP contribution in [0.15, 0.2) is 71.9 Å². The lowest BCUT2D eigenvalue weighted by atomic mass is 10.0. The molecule has 1 aliphatic heterocycles. The van der Waals surface area contributed by atoms with Crippen molar-refractivity contribution in [3.63, 3.8) is 0 Å². The second-order valence-corrected chi connectivity index (χ2v) is 8.18. The molecular formula is C24H24FN7O2. The van der Waals surface area contributed by atoms with Crippen LogP contribution >= 0.6 is 0 Å². The Labute approximate surface area is 195 Å². The molecule has 0 saturated carbocycles. The number of aliphatic imine (C=N–C) groups is 1. The van der Waals surface area contributed by atoms with Crippen LogP contribution in [0.4, 0.5) is 10.3 Å². The largest absolute Gasteiger partial charge is 0.343 e. The smallest absolute Gasteiger partial charge is 0.287 e. The molecular weight excluding hydrogens is 437 g/mol. The Balaban J connectivity index is 1.55. The molecule has 0 atom stereocenters. The summed E-state index contributed by atoms with van der Waals surface area (Å²) >= 11 is 0. The topological polar surface area (TPSA) is 113 Å². The van der Waals surface area contributed by atoms with Crippen LogP contribution in [-0.4, -0.2) is 44.5 Å². The van der Waals surface area contributed by atoms with E-state index in [9.17, 15) is 14.0 Å². The first-order valence-corrected chi connectivity index (χ1v) is 10.7. The Morgan fingerprint density at radius 3 is 2.53 bits per heavy atom. The summed E-state index contributed by atoms with van der Waals surface area (Å²) in [5.74, 6) is -0.703. The summed E-state index contributed by atoms with van der Waals surface area (Å²) in [4.78, 5) is 34.0. The minimum atomic E-state index is -1.27. The van der Waals surface area contributed by atoms with Crippen molar-refractivity contribution in [1.29, 1.82) is 0 Å². The molecule has 174 valence electrons. The number of hydrogen-bond donors (Lipinski definition) is 3. The van der Waals surface area contributed by atoms with Crippen LogP contribution in [0.1, 0.15) is 19.4 Å². The normalized spacial score (nSPS) is 13.1. The minimum absolute atomic E-state index is 0.0682. The van der Waals surface area contributed by atoms with Gasteiger partial charge < -0.3 is 10.6 Å². The zero-order valence-corrected chi connectivity index (χ0v) is 18.7. The molecule has 2 aromatic carbocycles. The maximum Gasteiger partial charge on any atom is 0.287 e. The monoisotopic (exact) mass is 461 g/mol. The molecule has 0 radical (unpaired) electrons. The molecule has 2 heterocycles. The van der Waals surface area contributed by atoms with E-state index in [2.05, 4.69) is 31.0 Å². The fourth-order valence-corrected chi connectivity index (χ4v) is 3.25. The predicted molar refractivity (Wildman–Crippen MR) is 126 cm³/mol. The Hall–Kier alpha value is -4.34. The average Bonchev–Trinajstić information content (AvgIpc) is 3.22. The molecule has 0 bridgehead atoms. The molecule has 34 heavy (non-hydrogen) atoms. The van der Waals surface area contributed by atoms with Crippen molar-refractivity contribution in [3.8, 4) is 11.4 Å². The van der Waals surface area contributed by atoms with E-state index >= 15 is 0 Å². The Kier molecular flexibility index (Phi) is 6.48. The fraction of sp³-hybridized carbons (Fsp3) is 0.208. The summed E-state index contributed by atoms with van der Waals surface area (Å²) in [5.41, 5.74) is 0.354. The number of amides is 2. The summed E-state index contributed by atoms with van der Waals surface area (Å²) in [6, 6.07) is 15.5. The highest BCUT2D eigenvalue weighted by atomic mass is 19.1. The van der Waals surface area contributed by atoms with Gasteiger partial charge in [0.05, 0.1) is 13.1 Å². The number of rotatable bonds is 7. The van der Waals surface area contributed by atoms with Gasteiger partial charge in [-0.15, -0.1) is 5.10 Å². The number of nitrogens with zero attached hydrogens (tertiary/aromatic N) is 4.